The van der Waals surface area contributed by atoms with Gasteiger partial charge in [-0.3, -0.25) is 0 Å². The molecule has 2 rings (SSSR count). The molecule has 0 nitrogen and oxygen atoms in total. The zero-order chi connectivity index (χ0) is 10.5. The van der Waals surface area contributed by atoms with Crippen LogP contribution in [0.2, 0.25) is 0 Å². The normalized spacial score (nSPS) is 20.1. The van der Waals surface area contributed by atoms with Crippen LogP contribution in [-0.2, 0) is 6.42 Å². The van der Waals surface area contributed by atoms with Crippen LogP contribution in [-0.4, -0.2) is 0 Å². The SMILES string of the molecule is CC1C=CC(CCc2ccccc2)=CC1. The highest BCUT2D eigenvalue weighted by Gasteiger charge is 2.03. The maximum absolute atomic E-state index is 2.38. The molecule has 0 amide bonds. The zero-order valence-electron chi connectivity index (χ0n) is 9.32. The summed E-state index contributed by atoms with van der Waals surface area (Å²) in [4.78, 5) is 0. The highest BCUT2D eigenvalue weighted by atomic mass is 14.1. The molecule has 1 aliphatic rings. The van der Waals surface area contributed by atoms with Crippen LogP contribution >= 0.6 is 0 Å². The molecule has 0 aromatic heterocycles. The Kier molecular flexibility index (Phi) is 3.39. The number of rotatable bonds is 3. The van der Waals surface area contributed by atoms with Crippen LogP contribution in [0, 0.1) is 5.92 Å². The van der Waals surface area contributed by atoms with Crippen LogP contribution in [0.15, 0.2) is 54.1 Å². The smallest absolute Gasteiger partial charge is 0.0224 e. The summed E-state index contributed by atoms with van der Waals surface area (Å²) in [6.45, 7) is 2.26. The van der Waals surface area contributed by atoms with Gasteiger partial charge in [-0.1, -0.05) is 61.1 Å². The lowest BCUT2D eigenvalue weighted by molar-refractivity contribution is 0.723. The van der Waals surface area contributed by atoms with Crippen LogP contribution in [0.25, 0.3) is 0 Å². The van der Waals surface area contributed by atoms with Crippen molar-refractivity contribution in [2.75, 3.05) is 0 Å². The van der Waals surface area contributed by atoms with E-state index in [0.29, 0.717) is 0 Å². The summed E-state index contributed by atoms with van der Waals surface area (Å²) in [5, 5.41) is 0. The third kappa shape index (κ3) is 3.09. The first kappa shape index (κ1) is 10.2. The quantitative estimate of drug-likeness (QED) is 0.684. The van der Waals surface area contributed by atoms with E-state index in [1.807, 2.05) is 0 Å². The zero-order valence-corrected chi connectivity index (χ0v) is 9.32. The number of hydrogen-bond acceptors (Lipinski definition) is 0. The maximum atomic E-state index is 2.38. The molecule has 1 aromatic rings. The lowest BCUT2D eigenvalue weighted by Gasteiger charge is -2.11. The second-order valence-electron chi connectivity index (χ2n) is 4.34. The van der Waals surface area contributed by atoms with Crippen LogP contribution in [0.5, 0.6) is 0 Å². The van der Waals surface area contributed by atoms with E-state index in [1.54, 1.807) is 0 Å². The van der Waals surface area contributed by atoms with Gasteiger partial charge in [-0.05, 0) is 30.7 Å². The summed E-state index contributed by atoms with van der Waals surface area (Å²) < 4.78 is 0. The molecule has 0 bridgehead atoms. The molecule has 0 saturated heterocycles. The standard InChI is InChI=1S/C15H18/c1-13-7-9-15(10-8-13)12-11-14-5-3-2-4-6-14/h2-7,9-10,13H,8,11-12H2,1H3. The number of hydrogen-bond donors (Lipinski definition) is 0. The molecule has 1 aromatic carbocycles. The molecule has 15 heavy (non-hydrogen) atoms. The number of allylic oxidation sites excluding steroid dienone is 4. The van der Waals surface area contributed by atoms with Crippen LogP contribution in [0.1, 0.15) is 25.3 Å². The Morgan fingerprint density at radius 3 is 2.60 bits per heavy atom. The molecule has 1 atom stereocenters. The average Bonchev–Trinajstić information content (AvgIpc) is 2.30. The molecule has 0 N–H and O–H groups in total. The van der Waals surface area contributed by atoms with Gasteiger partial charge in [-0.15, -0.1) is 0 Å². The summed E-state index contributed by atoms with van der Waals surface area (Å²) in [7, 11) is 0. The summed E-state index contributed by atoms with van der Waals surface area (Å²) in [5.41, 5.74) is 2.93. The van der Waals surface area contributed by atoms with Crippen molar-refractivity contribution in [3.63, 3.8) is 0 Å². The van der Waals surface area contributed by atoms with Crippen molar-refractivity contribution < 1.29 is 0 Å². The fraction of sp³-hybridized carbons (Fsp3) is 0.333. The van der Waals surface area contributed by atoms with E-state index in [2.05, 4.69) is 55.5 Å². The van der Waals surface area contributed by atoms with E-state index in [0.717, 1.165) is 12.3 Å². The van der Waals surface area contributed by atoms with Crippen LogP contribution in [0.4, 0.5) is 0 Å². The van der Waals surface area contributed by atoms with E-state index in [4.69, 9.17) is 0 Å². The van der Waals surface area contributed by atoms with Gasteiger partial charge in [0.15, 0.2) is 0 Å². The number of aryl methyl sites for hydroxylation is 1. The Labute approximate surface area is 92.3 Å². The van der Waals surface area contributed by atoms with Gasteiger partial charge >= 0.3 is 0 Å². The molecule has 1 aliphatic carbocycles. The first-order valence-electron chi connectivity index (χ1n) is 5.76. The molecule has 78 valence electrons. The topological polar surface area (TPSA) is 0 Å². The van der Waals surface area contributed by atoms with Crippen LogP contribution < -0.4 is 0 Å². The van der Waals surface area contributed by atoms with Crippen molar-refractivity contribution in [1.29, 1.82) is 0 Å². The second-order valence-corrected chi connectivity index (χ2v) is 4.34. The summed E-state index contributed by atoms with van der Waals surface area (Å²) >= 11 is 0. The van der Waals surface area contributed by atoms with Gasteiger partial charge in [-0.25, -0.2) is 0 Å². The van der Waals surface area contributed by atoms with Crippen molar-refractivity contribution in [3.05, 3.63) is 59.7 Å². The second kappa shape index (κ2) is 4.97. The van der Waals surface area contributed by atoms with Crippen molar-refractivity contribution in [1.82, 2.24) is 0 Å². The lowest BCUT2D eigenvalue weighted by atomic mass is 9.95. The van der Waals surface area contributed by atoms with Crippen molar-refractivity contribution in [2.45, 2.75) is 26.2 Å². The highest BCUT2D eigenvalue weighted by molar-refractivity contribution is 5.25. The Morgan fingerprint density at radius 2 is 1.93 bits per heavy atom. The molecule has 0 radical (unpaired) electrons. The summed E-state index contributed by atoms with van der Waals surface area (Å²) in [5.74, 6) is 0.727. The minimum absolute atomic E-state index is 0.727. The lowest BCUT2D eigenvalue weighted by Crippen LogP contribution is -1.95. The third-order valence-electron chi connectivity index (χ3n) is 2.94. The molecule has 0 aliphatic heterocycles. The fourth-order valence-corrected chi connectivity index (χ4v) is 1.89. The first-order chi connectivity index (χ1) is 7.34. The van der Waals surface area contributed by atoms with Gasteiger partial charge < -0.3 is 0 Å². The molecule has 0 heteroatoms. The highest BCUT2D eigenvalue weighted by Crippen LogP contribution is 2.19. The van der Waals surface area contributed by atoms with E-state index in [-0.39, 0.29) is 0 Å². The van der Waals surface area contributed by atoms with Crippen molar-refractivity contribution in [2.24, 2.45) is 5.92 Å². The van der Waals surface area contributed by atoms with Gasteiger partial charge in [0.25, 0.3) is 0 Å². The van der Waals surface area contributed by atoms with Gasteiger partial charge in [-0.2, -0.15) is 0 Å². The third-order valence-corrected chi connectivity index (χ3v) is 2.94. The largest absolute Gasteiger partial charge is 0.0811 e. The minimum Gasteiger partial charge on any atom is -0.0811 e. The monoisotopic (exact) mass is 198 g/mol. The molecular formula is C15H18. The predicted octanol–water partition coefficient (Wildman–Crippen LogP) is 4.14. The average molecular weight is 198 g/mol. The fourth-order valence-electron chi connectivity index (χ4n) is 1.89. The summed E-state index contributed by atoms with van der Waals surface area (Å²) in [6, 6.07) is 10.7. The molecule has 0 saturated carbocycles. The Morgan fingerprint density at radius 1 is 1.13 bits per heavy atom. The molecule has 0 spiro atoms. The van der Waals surface area contributed by atoms with Crippen molar-refractivity contribution >= 4 is 0 Å². The molecular weight excluding hydrogens is 180 g/mol. The predicted molar refractivity (Wildman–Crippen MR) is 65.8 cm³/mol. The van der Waals surface area contributed by atoms with Gasteiger partial charge in [0.05, 0.1) is 0 Å². The van der Waals surface area contributed by atoms with Crippen LogP contribution in [0.3, 0.4) is 0 Å². The molecule has 0 fully saturated rings. The van der Waals surface area contributed by atoms with E-state index < -0.39 is 0 Å². The molecule has 0 heterocycles. The Balaban J connectivity index is 1.87. The minimum atomic E-state index is 0.727. The van der Waals surface area contributed by atoms with Gasteiger partial charge in [0, 0.05) is 0 Å². The molecule has 1 unspecified atom stereocenters. The van der Waals surface area contributed by atoms with Gasteiger partial charge in [0.2, 0.25) is 0 Å². The first-order valence-corrected chi connectivity index (χ1v) is 5.76. The van der Waals surface area contributed by atoms with E-state index in [9.17, 15) is 0 Å². The van der Waals surface area contributed by atoms with E-state index in [1.165, 1.54) is 24.0 Å². The van der Waals surface area contributed by atoms with Gasteiger partial charge in [0.1, 0.15) is 0 Å². The van der Waals surface area contributed by atoms with Crippen molar-refractivity contribution in [3.8, 4) is 0 Å². The Bertz CT molecular complexity index is 357. The number of benzene rings is 1. The van der Waals surface area contributed by atoms with E-state index >= 15 is 0 Å². The Hall–Kier alpha value is -1.30. The maximum Gasteiger partial charge on any atom is -0.0224 e. The summed E-state index contributed by atoms with van der Waals surface area (Å²) in [6.07, 6.45) is 10.5.